The third-order valence-corrected chi connectivity index (χ3v) is 9.35. The number of carbonyl (C=O) groups is 3. The molecule has 0 saturated carbocycles. The molecule has 0 bridgehead atoms. The van der Waals surface area contributed by atoms with Gasteiger partial charge in [0, 0.05) is 23.4 Å². The van der Waals surface area contributed by atoms with Crippen molar-refractivity contribution in [3.63, 3.8) is 0 Å². The number of amides is 3. The highest BCUT2D eigenvalue weighted by atomic mass is 32.1. The monoisotopic (exact) mass is 609 g/mol. The van der Waals surface area contributed by atoms with Crippen LogP contribution in [0.15, 0.2) is 48.5 Å². The third kappa shape index (κ3) is 6.25. The summed E-state index contributed by atoms with van der Waals surface area (Å²) in [5.74, 6) is -0.786. The van der Waals surface area contributed by atoms with Crippen molar-refractivity contribution in [2.24, 2.45) is 11.8 Å². The van der Waals surface area contributed by atoms with Crippen LogP contribution in [0.1, 0.15) is 48.6 Å². The van der Waals surface area contributed by atoms with Crippen LogP contribution in [-0.4, -0.2) is 58.5 Å². The maximum atomic E-state index is 13.8. The number of hydrogen-bond acceptors (Lipinski definition) is 8. The fourth-order valence-electron chi connectivity index (χ4n) is 5.30. The summed E-state index contributed by atoms with van der Waals surface area (Å²) in [5.41, 5.74) is 1.72. The number of nitrogens with zero attached hydrogens (tertiary/aromatic N) is 1. The summed E-state index contributed by atoms with van der Waals surface area (Å²) in [6.07, 6.45) is 1.08. The molecule has 5 N–H and O–H groups in total. The van der Waals surface area contributed by atoms with Gasteiger partial charge in [0.25, 0.3) is 5.91 Å². The Bertz CT molecular complexity index is 1580. The van der Waals surface area contributed by atoms with Gasteiger partial charge in [-0.05, 0) is 55.5 Å². The number of thiol groups is 1. The number of nitrogens with one attached hydrogen (secondary N) is 4. The molecule has 0 radical (unpaired) electrons. The quantitative estimate of drug-likeness (QED) is 0.113. The van der Waals surface area contributed by atoms with Crippen LogP contribution >= 0.6 is 24.0 Å². The van der Waals surface area contributed by atoms with Crippen molar-refractivity contribution in [3.8, 4) is 5.75 Å². The molecule has 1 saturated heterocycles. The molecule has 4 atom stereocenters. The molecule has 0 unspecified atom stereocenters. The lowest BCUT2D eigenvalue weighted by Crippen LogP contribution is -2.55. The predicted octanol–water partition coefficient (Wildman–Crippen LogP) is 3.72. The standard InChI is InChI=1S/C30H35N5O5S2/c1-16(2)13-21(33-27(37)22-15-18-19(32-22)8-6-9-23(18)40-3)28(38)35-25(14-17-11-12-31-26(17)36)30(39,41)29-34-20-7-4-5-10-24(20)42-29/h4-10,15-17,21,25,32,39,41H,11-14H2,1-3H3,(H,31,36)(H,33,37)(H,35,38)/t17-,21-,25-,30+/m0/s1. The molecule has 1 aliphatic heterocycles. The Labute approximate surface area is 253 Å². The normalized spacial score (nSPS) is 18.0. The SMILES string of the molecule is COc1cccc2[nH]c(C(=O)N[C@@H](CC(C)C)C(=O)N[C@@H](C[C@@H]3CCNC3=O)[C@@](O)(S)c3nc4ccccc4s3)cc12. The second-order valence-corrected chi connectivity index (χ2v) is 12.8. The van der Waals surface area contributed by atoms with Gasteiger partial charge in [0.05, 0.1) is 23.4 Å². The van der Waals surface area contributed by atoms with Crippen molar-refractivity contribution in [3.05, 3.63) is 59.2 Å². The molecule has 2 aromatic heterocycles. The van der Waals surface area contributed by atoms with Crippen molar-refractivity contribution in [1.82, 2.24) is 25.9 Å². The van der Waals surface area contributed by atoms with E-state index in [0.29, 0.717) is 35.7 Å². The first-order chi connectivity index (χ1) is 20.1. The molecule has 3 heterocycles. The molecular formula is C30H35N5O5S2. The van der Waals surface area contributed by atoms with E-state index >= 15 is 0 Å². The minimum atomic E-state index is -1.87. The molecule has 1 fully saturated rings. The molecule has 4 aromatic rings. The van der Waals surface area contributed by atoms with Crippen LogP contribution in [0.4, 0.5) is 0 Å². The van der Waals surface area contributed by atoms with E-state index in [1.165, 1.54) is 11.3 Å². The summed E-state index contributed by atoms with van der Waals surface area (Å²) < 4.78 is 6.27. The van der Waals surface area contributed by atoms with E-state index in [-0.39, 0.29) is 23.9 Å². The van der Waals surface area contributed by atoms with Crippen molar-refractivity contribution >= 4 is 62.8 Å². The number of aromatic nitrogens is 2. The molecule has 0 aliphatic carbocycles. The van der Waals surface area contributed by atoms with Crippen LogP contribution in [0.5, 0.6) is 5.75 Å². The third-order valence-electron chi connectivity index (χ3n) is 7.51. The minimum Gasteiger partial charge on any atom is -0.496 e. The molecule has 10 nitrogen and oxygen atoms in total. The number of methoxy groups -OCH3 is 1. The zero-order valence-corrected chi connectivity index (χ0v) is 25.4. The van der Waals surface area contributed by atoms with Gasteiger partial charge in [-0.15, -0.1) is 24.0 Å². The number of hydrogen-bond donors (Lipinski definition) is 6. The van der Waals surface area contributed by atoms with E-state index in [9.17, 15) is 19.5 Å². The van der Waals surface area contributed by atoms with Gasteiger partial charge in [0.2, 0.25) is 11.8 Å². The zero-order valence-electron chi connectivity index (χ0n) is 23.6. The van der Waals surface area contributed by atoms with Crippen LogP contribution in [0.25, 0.3) is 21.1 Å². The lowest BCUT2D eigenvalue weighted by Gasteiger charge is -2.33. The topological polar surface area (TPSA) is 145 Å². The summed E-state index contributed by atoms with van der Waals surface area (Å²) in [7, 11) is 1.56. The van der Waals surface area contributed by atoms with Crippen molar-refractivity contribution in [2.45, 2.75) is 50.1 Å². The molecule has 1 aliphatic rings. The first-order valence-corrected chi connectivity index (χ1v) is 15.2. The summed E-state index contributed by atoms with van der Waals surface area (Å²) in [5, 5.41) is 21.4. The fraction of sp³-hybridized carbons (Fsp3) is 0.400. The second kappa shape index (κ2) is 12.3. The Morgan fingerprint density at radius 3 is 2.69 bits per heavy atom. The average molecular weight is 610 g/mol. The van der Waals surface area contributed by atoms with E-state index < -0.39 is 34.7 Å². The summed E-state index contributed by atoms with van der Waals surface area (Å²) in [6.45, 7) is 4.44. The molecule has 3 amide bonds. The Balaban J connectivity index is 1.41. The number of carbonyl (C=O) groups excluding carboxylic acids is 3. The Kier molecular flexibility index (Phi) is 8.76. The minimum absolute atomic E-state index is 0.0714. The Morgan fingerprint density at radius 1 is 1.21 bits per heavy atom. The van der Waals surface area contributed by atoms with Gasteiger partial charge in [-0.3, -0.25) is 14.4 Å². The number of thiazole rings is 1. The van der Waals surface area contributed by atoms with Gasteiger partial charge in [0.1, 0.15) is 22.5 Å². The zero-order chi connectivity index (χ0) is 30.0. The molecule has 42 heavy (non-hydrogen) atoms. The average Bonchev–Trinajstić information content (AvgIpc) is 3.70. The highest BCUT2D eigenvalue weighted by molar-refractivity contribution is 7.81. The van der Waals surface area contributed by atoms with Crippen molar-refractivity contribution < 1.29 is 24.2 Å². The van der Waals surface area contributed by atoms with Gasteiger partial charge >= 0.3 is 0 Å². The summed E-state index contributed by atoms with van der Waals surface area (Å²) in [4.78, 5) is 45.4. The molecule has 12 heteroatoms. The van der Waals surface area contributed by atoms with Crippen LogP contribution in [0.3, 0.4) is 0 Å². The van der Waals surface area contributed by atoms with Crippen LogP contribution in [0.2, 0.25) is 0 Å². The van der Waals surface area contributed by atoms with E-state index in [2.05, 4.69) is 38.5 Å². The van der Waals surface area contributed by atoms with Crippen LogP contribution in [0, 0.1) is 11.8 Å². The van der Waals surface area contributed by atoms with Gasteiger partial charge in [-0.1, -0.05) is 32.0 Å². The molecular weight excluding hydrogens is 574 g/mol. The molecule has 222 valence electrons. The van der Waals surface area contributed by atoms with Gasteiger partial charge in [-0.2, -0.15) is 0 Å². The number of fused-ring (bicyclic) bond motifs is 2. The number of ether oxygens (including phenoxy) is 1. The maximum absolute atomic E-state index is 13.8. The first kappa shape index (κ1) is 29.9. The number of para-hydroxylation sites is 1. The van der Waals surface area contributed by atoms with E-state index in [4.69, 9.17) is 4.74 Å². The van der Waals surface area contributed by atoms with Crippen LogP contribution < -0.4 is 20.7 Å². The maximum Gasteiger partial charge on any atom is 0.268 e. The number of aromatic amines is 1. The lowest BCUT2D eigenvalue weighted by atomic mass is 9.93. The largest absolute Gasteiger partial charge is 0.496 e. The highest BCUT2D eigenvalue weighted by Gasteiger charge is 2.43. The smallest absolute Gasteiger partial charge is 0.268 e. The lowest BCUT2D eigenvalue weighted by molar-refractivity contribution is -0.127. The fourth-order valence-corrected chi connectivity index (χ4v) is 6.66. The van der Waals surface area contributed by atoms with E-state index in [1.807, 2.05) is 56.3 Å². The highest BCUT2D eigenvalue weighted by Crippen LogP contribution is 2.38. The summed E-state index contributed by atoms with van der Waals surface area (Å²) >= 11 is 5.90. The van der Waals surface area contributed by atoms with Crippen molar-refractivity contribution in [1.29, 1.82) is 0 Å². The van der Waals surface area contributed by atoms with E-state index in [0.717, 1.165) is 15.6 Å². The molecule has 2 aromatic carbocycles. The van der Waals surface area contributed by atoms with Gasteiger partial charge in [-0.25, -0.2) is 4.98 Å². The Hall–Kier alpha value is -3.61. The molecule has 0 spiro atoms. The van der Waals surface area contributed by atoms with Gasteiger partial charge in [0.15, 0.2) is 4.93 Å². The number of aliphatic hydroxyl groups is 1. The van der Waals surface area contributed by atoms with E-state index in [1.54, 1.807) is 13.2 Å². The number of rotatable bonds is 11. The predicted molar refractivity (Wildman–Crippen MR) is 166 cm³/mol. The number of benzene rings is 2. The Morgan fingerprint density at radius 2 is 2.00 bits per heavy atom. The van der Waals surface area contributed by atoms with Crippen LogP contribution in [-0.2, 0) is 14.5 Å². The molecule has 5 rings (SSSR count). The first-order valence-electron chi connectivity index (χ1n) is 13.9. The second-order valence-electron chi connectivity index (χ2n) is 11.0. The van der Waals surface area contributed by atoms with Crippen molar-refractivity contribution in [2.75, 3.05) is 13.7 Å². The van der Waals surface area contributed by atoms with Gasteiger partial charge < -0.3 is 30.8 Å². The summed E-state index contributed by atoms with van der Waals surface area (Å²) in [6, 6.07) is 12.8. The number of H-pyrrole nitrogens is 1.